The minimum atomic E-state index is 0.180. The third-order valence-corrected chi connectivity index (χ3v) is 3.41. The van der Waals surface area contributed by atoms with Crippen LogP contribution in [-0.2, 0) is 11.2 Å². The van der Waals surface area contributed by atoms with E-state index in [0.29, 0.717) is 6.42 Å². The number of furan rings is 1. The van der Waals surface area contributed by atoms with E-state index in [2.05, 4.69) is 0 Å². The summed E-state index contributed by atoms with van der Waals surface area (Å²) in [6, 6.07) is 5.67. The van der Waals surface area contributed by atoms with Gasteiger partial charge in [0.05, 0.1) is 19.8 Å². The molecule has 4 nitrogen and oxygen atoms in total. The third-order valence-electron chi connectivity index (χ3n) is 3.41. The molecule has 4 heteroatoms. The Hall–Kier alpha value is -1.97. The van der Waals surface area contributed by atoms with E-state index < -0.39 is 0 Å². The van der Waals surface area contributed by atoms with E-state index in [-0.39, 0.29) is 5.91 Å². The smallest absolute Gasteiger partial charge is 0.227 e. The molecule has 0 unspecified atom stereocenters. The molecule has 0 N–H and O–H groups in total. The Morgan fingerprint density at radius 1 is 1.44 bits per heavy atom. The number of likely N-dealkylation sites (tertiary alicyclic amines) is 1. The number of hydrogen-bond donors (Lipinski definition) is 0. The van der Waals surface area contributed by atoms with Crippen molar-refractivity contribution in [3.05, 3.63) is 30.0 Å². The summed E-state index contributed by atoms with van der Waals surface area (Å²) in [6.45, 7) is 1.78. The van der Waals surface area contributed by atoms with Gasteiger partial charge >= 0.3 is 0 Å². The molecule has 2 heterocycles. The molecular formula is C14H15NO3. The molecule has 1 aromatic carbocycles. The van der Waals surface area contributed by atoms with Crippen LogP contribution in [0.25, 0.3) is 11.0 Å². The number of fused-ring (bicyclic) bond motifs is 1. The van der Waals surface area contributed by atoms with Crippen molar-refractivity contribution in [1.82, 2.24) is 4.90 Å². The highest BCUT2D eigenvalue weighted by molar-refractivity contribution is 5.88. The third kappa shape index (κ3) is 1.83. The minimum absolute atomic E-state index is 0.180. The van der Waals surface area contributed by atoms with Gasteiger partial charge in [0.15, 0.2) is 0 Å². The zero-order valence-corrected chi connectivity index (χ0v) is 10.3. The van der Waals surface area contributed by atoms with Gasteiger partial charge in [-0.15, -0.1) is 0 Å². The summed E-state index contributed by atoms with van der Waals surface area (Å²) in [6.07, 6.45) is 3.20. The molecule has 0 atom stereocenters. The topological polar surface area (TPSA) is 42.7 Å². The monoisotopic (exact) mass is 245 g/mol. The average molecular weight is 245 g/mol. The molecule has 0 radical (unpaired) electrons. The van der Waals surface area contributed by atoms with E-state index in [1.54, 1.807) is 13.4 Å². The first-order chi connectivity index (χ1) is 8.78. The molecule has 1 aromatic heterocycles. The Morgan fingerprint density at radius 2 is 2.28 bits per heavy atom. The van der Waals surface area contributed by atoms with Crippen LogP contribution in [0.4, 0.5) is 0 Å². The fraction of sp³-hybridized carbons (Fsp3) is 0.357. The summed E-state index contributed by atoms with van der Waals surface area (Å²) < 4.78 is 10.6. The molecule has 1 fully saturated rings. The Balaban J connectivity index is 1.85. The van der Waals surface area contributed by atoms with Crippen LogP contribution in [0.15, 0.2) is 28.9 Å². The molecule has 0 aliphatic carbocycles. The standard InChI is InChI=1S/C14H15NO3/c1-17-11-3-4-12-10(9-18-13(12)8-11)7-14(16)15-5-2-6-15/h3-4,8-9H,2,5-7H2,1H3. The Labute approximate surface area is 105 Å². The van der Waals surface area contributed by atoms with Gasteiger partial charge < -0.3 is 14.1 Å². The van der Waals surface area contributed by atoms with Gasteiger partial charge in [-0.05, 0) is 18.6 Å². The lowest BCUT2D eigenvalue weighted by Crippen LogP contribution is -2.42. The van der Waals surface area contributed by atoms with Crippen LogP contribution in [0, 0.1) is 0 Å². The zero-order valence-electron chi connectivity index (χ0n) is 10.3. The summed E-state index contributed by atoms with van der Waals surface area (Å²) in [7, 11) is 1.62. The van der Waals surface area contributed by atoms with Crippen molar-refractivity contribution in [2.45, 2.75) is 12.8 Å². The van der Waals surface area contributed by atoms with Gasteiger partial charge in [-0.1, -0.05) is 0 Å². The predicted molar refractivity (Wildman–Crippen MR) is 67.7 cm³/mol. The summed E-state index contributed by atoms with van der Waals surface area (Å²) in [4.78, 5) is 13.8. The zero-order chi connectivity index (χ0) is 12.5. The second-order valence-corrected chi connectivity index (χ2v) is 4.53. The van der Waals surface area contributed by atoms with E-state index in [1.807, 2.05) is 23.1 Å². The first-order valence-electron chi connectivity index (χ1n) is 6.10. The van der Waals surface area contributed by atoms with E-state index in [9.17, 15) is 4.79 Å². The Bertz CT molecular complexity index is 584. The lowest BCUT2D eigenvalue weighted by Gasteiger charge is -2.30. The van der Waals surface area contributed by atoms with Crippen molar-refractivity contribution in [2.24, 2.45) is 0 Å². The van der Waals surface area contributed by atoms with Crippen molar-refractivity contribution >= 4 is 16.9 Å². The Kier molecular flexibility index (Phi) is 2.70. The van der Waals surface area contributed by atoms with E-state index in [1.165, 1.54) is 0 Å². The number of amides is 1. The average Bonchev–Trinajstić information content (AvgIpc) is 2.69. The highest BCUT2D eigenvalue weighted by Gasteiger charge is 2.21. The van der Waals surface area contributed by atoms with Gasteiger partial charge in [0.2, 0.25) is 5.91 Å². The fourth-order valence-corrected chi connectivity index (χ4v) is 2.17. The van der Waals surface area contributed by atoms with Crippen molar-refractivity contribution in [1.29, 1.82) is 0 Å². The molecule has 1 aliphatic rings. The first kappa shape index (κ1) is 11.1. The number of benzene rings is 1. The largest absolute Gasteiger partial charge is 0.497 e. The molecular weight excluding hydrogens is 230 g/mol. The van der Waals surface area contributed by atoms with E-state index >= 15 is 0 Å². The van der Waals surface area contributed by atoms with Crippen LogP contribution >= 0.6 is 0 Å². The summed E-state index contributed by atoms with van der Waals surface area (Å²) in [5.41, 5.74) is 1.71. The summed E-state index contributed by atoms with van der Waals surface area (Å²) in [5, 5.41) is 0.990. The molecule has 1 saturated heterocycles. The normalized spacial score (nSPS) is 14.6. The highest BCUT2D eigenvalue weighted by Crippen LogP contribution is 2.26. The first-order valence-corrected chi connectivity index (χ1v) is 6.10. The molecule has 18 heavy (non-hydrogen) atoms. The van der Waals surface area contributed by atoms with Gasteiger partial charge in [-0.3, -0.25) is 4.79 Å². The van der Waals surface area contributed by atoms with Crippen LogP contribution in [0.5, 0.6) is 5.75 Å². The molecule has 0 bridgehead atoms. The number of carbonyl (C=O) groups excluding carboxylic acids is 1. The molecule has 94 valence electrons. The van der Waals surface area contributed by atoms with Gasteiger partial charge in [0, 0.05) is 30.1 Å². The molecule has 0 saturated carbocycles. The summed E-state index contributed by atoms with van der Waals surface area (Å²) in [5.74, 6) is 0.942. The molecule has 1 amide bonds. The van der Waals surface area contributed by atoms with Gasteiger partial charge in [-0.25, -0.2) is 0 Å². The molecule has 2 aromatic rings. The number of methoxy groups -OCH3 is 1. The molecule has 0 spiro atoms. The number of nitrogens with zero attached hydrogens (tertiary/aromatic N) is 1. The van der Waals surface area contributed by atoms with Crippen LogP contribution < -0.4 is 4.74 Å². The summed E-state index contributed by atoms with van der Waals surface area (Å²) >= 11 is 0. The van der Waals surface area contributed by atoms with Crippen molar-refractivity contribution < 1.29 is 13.9 Å². The lowest BCUT2D eigenvalue weighted by molar-refractivity contribution is -0.133. The van der Waals surface area contributed by atoms with Crippen LogP contribution in [0.1, 0.15) is 12.0 Å². The maximum atomic E-state index is 11.9. The Morgan fingerprint density at radius 3 is 2.94 bits per heavy atom. The highest BCUT2D eigenvalue weighted by atomic mass is 16.5. The van der Waals surface area contributed by atoms with Crippen LogP contribution in [-0.4, -0.2) is 31.0 Å². The molecule has 1 aliphatic heterocycles. The number of ether oxygens (including phenoxy) is 1. The van der Waals surface area contributed by atoms with Crippen LogP contribution in [0.2, 0.25) is 0 Å². The number of rotatable bonds is 3. The fourth-order valence-electron chi connectivity index (χ4n) is 2.17. The van der Waals surface area contributed by atoms with E-state index in [0.717, 1.165) is 41.8 Å². The number of carbonyl (C=O) groups is 1. The van der Waals surface area contributed by atoms with Crippen LogP contribution in [0.3, 0.4) is 0 Å². The minimum Gasteiger partial charge on any atom is -0.497 e. The van der Waals surface area contributed by atoms with Gasteiger partial charge in [0.1, 0.15) is 11.3 Å². The quantitative estimate of drug-likeness (QED) is 0.832. The second kappa shape index (κ2) is 4.37. The van der Waals surface area contributed by atoms with Gasteiger partial charge in [-0.2, -0.15) is 0 Å². The second-order valence-electron chi connectivity index (χ2n) is 4.53. The van der Waals surface area contributed by atoms with Crippen molar-refractivity contribution in [3.63, 3.8) is 0 Å². The molecule has 3 rings (SSSR count). The van der Waals surface area contributed by atoms with Gasteiger partial charge in [0.25, 0.3) is 0 Å². The maximum absolute atomic E-state index is 11.9. The SMILES string of the molecule is COc1ccc2c(CC(=O)N3CCC3)coc2c1. The maximum Gasteiger partial charge on any atom is 0.227 e. The van der Waals surface area contributed by atoms with Crippen molar-refractivity contribution in [2.75, 3.05) is 20.2 Å². The predicted octanol–water partition coefficient (Wildman–Crippen LogP) is 2.22. The number of hydrogen-bond acceptors (Lipinski definition) is 3. The lowest BCUT2D eigenvalue weighted by atomic mass is 10.1. The van der Waals surface area contributed by atoms with E-state index in [4.69, 9.17) is 9.15 Å². The van der Waals surface area contributed by atoms with Crippen molar-refractivity contribution in [3.8, 4) is 5.75 Å².